The summed E-state index contributed by atoms with van der Waals surface area (Å²) in [5.74, 6) is -1.86. The SMILES string of the molecule is CCOC(=O)c1cccn2cc(-c3cc(F)cc(F)c3)nc12. The highest BCUT2D eigenvalue weighted by Crippen LogP contribution is 2.23. The zero-order valence-electron chi connectivity index (χ0n) is 11.7. The van der Waals surface area contributed by atoms with Gasteiger partial charge in [0.05, 0.1) is 12.3 Å². The highest BCUT2D eigenvalue weighted by atomic mass is 19.1. The molecule has 0 aliphatic rings. The number of ether oxygens (including phenoxy) is 1. The first-order valence-corrected chi connectivity index (χ1v) is 6.70. The monoisotopic (exact) mass is 302 g/mol. The Morgan fingerprint density at radius 2 is 2.00 bits per heavy atom. The van der Waals surface area contributed by atoms with E-state index in [9.17, 15) is 13.6 Å². The van der Waals surface area contributed by atoms with E-state index in [2.05, 4.69) is 4.98 Å². The molecule has 0 N–H and O–H groups in total. The molecule has 6 heteroatoms. The van der Waals surface area contributed by atoms with Gasteiger partial charge in [-0.15, -0.1) is 0 Å². The summed E-state index contributed by atoms with van der Waals surface area (Å²) in [5, 5.41) is 0. The molecule has 0 aliphatic heterocycles. The van der Waals surface area contributed by atoms with Crippen molar-refractivity contribution in [2.45, 2.75) is 6.92 Å². The summed E-state index contributed by atoms with van der Waals surface area (Å²) in [4.78, 5) is 16.2. The molecule has 0 atom stereocenters. The molecule has 0 saturated carbocycles. The van der Waals surface area contributed by atoms with E-state index in [1.165, 1.54) is 12.1 Å². The molecule has 112 valence electrons. The normalized spacial score (nSPS) is 10.9. The van der Waals surface area contributed by atoms with E-state index in [1.807, 2.05) is 0 Å². The van der Waals surface area contributed by atoms with Crippen LogP contribution in [0, 0.1) is 11.6 Å². The van der Waals surface area contributed by atoms with Gasteiger partial charge >= 0.3 is 5.97 Å². The lowest BCUT2D eigenvalue weighted by Crippen LogP contribution is -2.06. The minimum absolute atomic E-state index is 0.253. The summed E-state index contributed by atoms with van der Waals surface area (Å²) in [6.07, 6.45) is 3.30. The van der Waals surface area contributed by atoms with Crippen LogP contribution in [0.1, 0.15) is 17.3 Å². The quantitative estimate of drug-likeness (QED) is 0.696. The summed E-state index contributed by atoms with van der Waals surface area (Å²) in [6, 6.07) is 6.44. The fraction of sp³-hybridized carbons (Fsp3) is 0.125. The van der Waals surface area contributed by atoms with Gasteiger partial charge < -0.3 is 9.14 Å². The smallest absolute Gasteiger partial charge is 0.341 e. The Hall–Kier alpha value is -2.76. The second-order valence-corrected chi connectivity index (χ2v) is 4.66. The second-order valence-electron chi connectivity index (χ2n) is 4.66. The molecule has 0 spiro atoms. The van der Waals surface area contributed by atoms with Gasteiger partial charge in [0, 0.05) is 24.0 Å². The van der Waals surface area contributed by atoms with Gasteiger partial charge in [0.2, 0.25) is 0 Å². The maximum Gasteiger partial charge on any atom is 0.341 e. The number of halogens is 2. The van der Waals surface area contributed by atoms with Crippen LogP contribution in [0.25, 0.3) is 16.9 Å². The van der Waals surface area contributed by atoms with Crippen molar-refractivity contribution in [2.75, 3.05) is 6.61 Å². The Morgan fingerprint density at radius 3 is 2.68 bits per heavy atom. The Kier molecular flexibility index (Phi) is 3.58. The Labute approximate surface area is 125 Å². The van der Waals surface area contributed by atoms with Gasteiger partial charge in [-0.3, -0.25) is 0 Å². The second kappa shape index (κ2) is 5.55. The van der Waals surface area contributed by atoms with E-state index in [4.69, 9.17) is 4.74 Å². The number of hydrogen-bond acceptors (Lipinski definition) is 3. The van der Waals surface area contributed by atoms with E-state index >= 15 is 0 Å². The minimum Gasteiger partial charge on any atom is -0.462 e. The van der Waals surface area contributed by atoms with Crippen LogP contribution < -0.4 is 0 Å². The van der Waals surface area contributed by atoms with E-state index in [0.29, 0.717) is 22.5 Å². The summed E-state index contributed by atoms with van der Waals surface area (Å²) < 4.78 is 33.2. The minimum atomic E-state index is -0.683. The van der Waals surface area contributed by atoms with Crippen molar-refractivity contribution in [3.63, 3.8) is 0 Å². The third-order valence-corrected chi connectivity index (χ3v) is 3.14. The van der Waals surface area contributed by atoms with Crippen LogP contribution in [0.2, 0.25) is 0 Å². The number of aromatic nitrogens is 2. The van der Waals surface area contributed by atoms with Crippen molar-refractivity contribution in [1.29, 1.82) is 0 Å². The standard InChI is InChI=1S/C16H12F2N2O2/c1-2-22-16(21)13-4-3-5-20-9-14(19-15(13)20)10-6-11(17)8-12(18)7-10/h3-9H,2H2,1H3. The molecule has 0 saturated heterocycles. The number of benzene rings is 1. The van der Waals surface area contributed by atoms with E-state index in [1.54, 1.807) is 35.9 Å². The van der Waals surface area contributed by atoms with Crippen molar-refractivity contribution >= 4 is 11.6 Å². The molecule has 2 heterocycles. The summed E-state index contributed by atoms with van der Waals surface area (Å²) in [5.41, 5.74) is 1.35. The lowest BCUT2D eigenvalue weighted by atomic mass is 10.1. The van der Waals surface area contributed by atoms with Crippen molar-refractivity contribution in [1.82, 2.24) is 9.38 Å². The van der Waals surface area contributed by atoms with Crippen LogP contribution in [0.5, 0.6) is 0 Å². The zero-order chi connectivity index (χ0) is 15.7. The van der Waals surface area contributed by atoms with E-state index < -0.39 is 17.6 Å². The van der Waals surface area contributed by atoms with Crippen LogP contribution in [-0.2, 0) is 4.74 Å². The molecular formula is C16H12F2N2O2. The fourth-order valence-corrected chi connectivity index (χ4v) is 2.22. The first-order chi connectivity index (χ1) is 10.6. The number of carbonyl (C=O) groups excluding carboxylic acids is 1. The number of hydrogen-bond donors (Lipinski definition) is 0. The summed E-state index contributed by atoms with van der Waals surface area (Å²) in [6.45, 7) is 1.97. The lowest BCUT2D eigenvalue weighted by Gasteiger charge is -2.02. The third-order valence-electron chi connectivity index (χ3n) is 3.14. The number of fused-ring (bicyclic) bond motifs is 1. The molecule has 0 amide bonds. The molecule has 22 heavy (non-hydrogen) atoms. The van der Waals surface area contributed by atoms with Gasteiger partial charge in [-0.05, 0) is 31.2 Å². The van der Waals surface area contributed by atoms with Crippen molar-refractivity contribution in [3.8, 4) is 11.3 Å². The Morgan fingerprint density at radius 1 is 1.27 bits per heavy atom. The average Bonchev–Trinajstić information content (AvgIpc) is 2.90. The van der Waals surface area contributed by atoms with Crippen LogP contribution >= 0.6 is 0 Å². The maximum atomic E-state index is 13.3. The van der Waals surface area contributed by atoms with Gasteiger partial charge in [-0.1, -0.05) is 0 Å². The summed E-state index contributed by atoms with van der Waals surface area (Å²) in [7, 11) is 0. The largest absolute Gasteiger partial charge is 0.462 e. The van der Waals surface area contributed by atoms with Gasteiger partial charge in [-0.25, -0.2) is 18.6 Å². The highest BCUT2D eigenvalue weighted by Gasteiger charge is 2.15. The predicted octanol–water partition coefficient (Wildman–Crippen LogP) is 3.46. The molecule has 1 aromatic carbocycles. The Bertz CT molecular complexity index is 838. The number of imidazole rings is 1. The van der Waals surface area contributed by atoms with Crippen LogP contribution in [0.4, 0.5) is 8.78 Å². The lowest BCUT2D eigenvalue weighted by molar-refractivity contribution is 0.0528. The molecule has 4 nitrogen and oxygen atoms in total. The molecule has 3 rings (SSSR count). The Balaban J connectivity index is 2.13. The maximum absolute atomic E-state index is 13.3. The molecule has 3 aromatic rings. The number of pyridine rings is 1. The summed E-state index contributed by atoms with van der Waals surface area (Å²) >= 11 is 0. The average molecular weight is 302 g/mol. The van der Waals surface area contributed by atoms with Crippen LogP contribution in [-0.4, -0.2) is 22.0 Å². The van der Waals surface area contributed by atoms with Crippen molar-refractivity contribution in [2.24, 2.45) is 0 Å². The van der Waals surface area contributed by atoms with Gasteiger partial charge in [0.1, 0.15) is 17.2 Å². The van der Waals surface area contributed by atoms with Crippen LogP contribution in [0.15, 0.2) is 42.7 Å². The predicted molar refractivity (Wildman–Crippen MR) is 76.5 cm³/mol. The first kappa shape index (κ1) is 14.2. The molecular weight excluding hydrogens is 290 g/mol. The van der Waals surface area contributed by atoms with Gasteiger partial charge in [0.25, 0.3) is 0 Å². The molecule has 0 bridgehead atoms. The third kappa shape index (κ3) is 2.55. The number of carbonyl (C=O) groups is 1. The van der Waals surface area contributed by atoms with Crippen molar-refractivity contribution < 1.29 is 18.3 Å². The molecule has 0 aliphatic carbocycles. The van der Waals surface area contributed by atoms with Crippen molar-refractivity contribution in [3.05, 3.63) is 59.9 Å². The van der Waals surface area contributed by atoms with Crippen LogP contribution in [0.3, 0.4) is 0 Å². The number of esters is 1. The van der Waals surface area contributed by atoms with Gasteiger partial charge in [-0.2, -0.15) is 0 Å². The van der Waals surface area contributed by atoms with E-state index in [-0.39, 0.29) is 6.61 Å². The fourth-order valence-electron chi connectivity index (χ4n) is 2.22. The molecule has 2 aromatic heterocycles. The van der Waals surface area contributed by atoms with E-state index in [0.717, 1.165) is 6.07 Å². The first-order valence-electron chi connectivity index (χ1n) is 6.70. The number of nitrogens with zero attached hydrogens (tertiary/aromatic N) is 2. The topological polar surface area (TPSA) is 43.6 Å². The number of rotatable bonds is 3. The molecule has 0 radical (unpaired) electrons. The highest BCUT2D eigenvalue weighted by molar-refractivity contribution is 5.96. The van der Waals surface area contributed by atoms with Gasteiger partial charge in [0.15, 0.2) is 5.65 Å². The molecule has 0 unspecified atom stereocenters. The molecule has 0 fully saturated rings. The zero-order valence-corrected chi connectivity index (χ0v) is 11.7.